The lowest BCUT2D eigenvalue weighted by Crippen LogP contribution is -2.25. The van der Waals surface area contributed by atoms with Crippen LogP contribution >= 0.6 is 0 Å². The molecule has 0 bridgehead atoms. The Balaban J connectivity index is 1.51. The minimum absolute atomic E-state index is 0.229. The number of rotatable bonds is 7. The Labute approximate surface area is 169 Å². The van der Waals surface area contributed by atoms with Crippen LogP contribution in [0.5, 0.6) is 0 Å². The highest BCUT2D eigenvalue weighted by Gasteiger charge is 2.32. The third kappa shape index (κ3) is 4.93. The van der Waals surface area contributed by atoms with Crippen LogP contribution < -0.4 is 0 Å². The van der Waals surface area contributed by atoms with Gasteiger partial charge in [0.2, 0.25) is 0 Å². The highest BCUT2D eigenvalue weighted by molar-refractivity contribution is 5.32. The highest BCUT2D eigenvalue weighted by Crippen LogP contribution is 2.44. The molecular weight excluding hydrogens is 324 g/mol. The molecular formula is C27H43+. The largest absolute Gasteiger partial charge is 0.129 e. The quantitative estimate of drug-likeness (QED) is 0.424. The van der Waals surface area contributed by atoms with Crippen LogP contribution in [0.4, 0.5) is 0 Å². The van der Waals surface area contributed by atoms with Crippen LogP contribution in [-0.4, -0.2) is 0 Å². The van der Waals surface area contributed by atoms with Crippen molar-refractivity contribution in [1.29, 1.82) is 0 Å². The molecule has 0 radical (unpaired) electrons. The second-order valence-electron chi connectivity index (χ2n) is 9.86. The summed E-state index contributed by atoms with van der Waals surface area (Å²) in [7, 11) is 0. The van der Waals surface area contributed by atoms with Gasteiger partial charge in [0, 0.05) is 5.56 Å². The standard InChI is InChI=1S/C27H43/c1-5-8-21-9-11-22(12-10-21)23-13-15-24(16-14-23)25-17-19-26(20-18-25)27(4,6-2)7-3/h6,17-24H,5,7-16H2,1-4H3/q+1. The average Bonchev–Trinajstić information content (AvgIpc) is 2.74. The monoisotopic (exact) mass is 367 g/mol. The van der Waals surface area contributed by atoms with Gasteiger partial charge in [0.15, 0.2) is 0 Å². The normalized spacial score (nSPS) is 31.3. The average molecular weight is 368 g/mol. The molecule has 0 heterocycles. The van der Waals surface area contributed by atoms with E-state index >= 15 is 0 Å². The summed E-state index contributed by atoms with van der Waals surface area (Å²) in [5.41, 5.74) is 3.31. The van der Waals surface area contributed by atoms with E-state index in [1.807, 2.05) is 0 Å². The molecule has 0 amide bonds. The Morgan fingerprint density at radius 3 is 1.89 bits per heavy atom. The van der Waals surface area contributed by atoms with E-state index in [1.165, 1.54) is 76.2 Å². The van der Waals surface area contributed by atoms with Gasteiger partial charge >= 0.3 is 0 Å². The summed E-state index contributed by atoms with van der Waals surface area (Å²) in [6.07, 6.45) is 18.3. The van der Waals surface area contributed by atoms with Crippen molar-refractivity contribution in [2.45, 2.75) is 110 Å². The maximum absolute atomic E-state index is 2.44. The summed E-state index contributed by atoms with van der Waals surface area (Å²) >= 11 is 0. The molecule has 0 heteroatoms. The molecule has 2 saturated carbocycles. The highest BCUT2D eigenvalue weighted by atomic mass is 14.4. The van der Waals surface area contributed by atoms with E-state index in [1.54, 1.807) is 5.56 Å². The summed E-state index contributed by atoms with van der Waals surface area (Å²) < 4.78 is 0. The molecule has 0 nitrogen and oxygen atoms in total. The predicted octanol–water partition coefficient (Wildman–Crippen LogP) is 8.46. The number of hydrogen-bond acceptors (Lipinski definition) is 0. The molecule has 1 aromatic carbocycles. The van der Waals surface area contributed by atoms with Crippen molar-refractivity contribution in [1.82, 2.24) is 0 Å². The lowest BCUT2D eigenvalue weighted by molar-refractivity contribution is 0.156. The van der Waals surface area contributed by atoms with Crippen molar-refractivity contribution in [3.63, 3.8) is 0 Å². The van der Waals surface area contributed by atoms with Gasteiger partial charge in [0.1, 0.15) is 5.41 Å². The van der Waals surface area contributed by atoms with Gasteiger partial charge in [-0.1, -0.05) is 63.8 Å². The van der Waals surface area contributed by atoms with E-state index in [4.69, 9.17) is 0 Å². The maximum atomic E-state index is 2.44. The van der Waals surface area contributed by atoms with Gasteiger partial charge in [0.05, 0.1) is 13.3 Å². The maximum Gasteiger partial charge on any atom is 0.129 e. The van der Waals surface area contributed by atoms with E-state index in [9.17, 15) is 0 Å². The van der Waals surface area contributed by atoms with E-state index in [2.05, 4.69) is 58.4 Å². The van der Waals surface area contributed by atoms with Crippen LogP contribution in [0, 0.1) is 24.2 Å². The Morgan fingerprint density at radius 1 is 0.852 bits per heavy atom. The molecule has 0 aromatic heterocycles. The summed E-state index contributed by atoms with van der Waals surface area (Å²) in [5.74, 6) is 3.94. The Bertz CT molecular complexity index is 534. The first kappa shape index (κ1) is 20.8. The Morgan fingerprint density at radius 2 is 1.41 bits per heavy atom. The van der Waals surface area contributed by atoms with Gasteiger partial charge < -0.3 is 0 Å². The smallest absolute Gasteiger partial charge is 0.0654 e. The minimum Gasteiger partial charge on any atom is -0.0654 e. The van der Waals surface area contributed by atoms with Crippen LogP contribution in [0.15, 0.2) is 24.3 Å². The predicted molar refractivity (Wildman–Crippen MR) is 119 cm³/mol. The molecule has 2 aliphatic rings. The van der Waals surface area contributed by atoms with Gasteiger partial charge in [-0.05, 0) is 81.1 Å². The third-order valence-electron chi connectivity index (χ3n) is 8.44. The SMILES string of the molecule is C[CH+]C(C)(CC)c1ccc(C2CCC(C3CCC(CCC)CC3)CC2)cc1. The van der Waals surface area contributed by atoms with Crippen molar-refractivity contribution >= 4 is 0 Å². The topological polar surface area (TPSA) is 0 Å². The molecule has 0 spiro atoms. The van der Waals surface area contributed by atoms with Crippen LogP contribution in [0.1, 0.15) is 115 Å². The molecule has 150 valence electrons. The van der Waals surface area contributed by atoms with E-state index in [0.29, 0.717) is 0 Å². The van der Waals surface area contributed by atoms with Crippen LogP contribution in [0.3, 0.4) is 0 Å². The second kappa shape index (κ2) is 9.53. The van der Waals surface area contributed by atoms with Crippen LogP contribution in [-0.2, 0) is 5.41 Å². The number of hydrogen-bond donors (Lipinski definition) is 0. The fourth-order valence-corrected chi connectivity index (χ4v) is 5.99. The van der Waals surface area contributed by atoms with Crippen molar-refractivity contribution in [2.24, 2.45) is 17.8 Å². The van der Waals surface area contributed by atoms with Crippen molar-refractivity contribution < 1.29 is 0 Å². The zero-order chi connectivity index (χ0) is 19.3. The fraction of sp³-hybridized carbons (Fsp3) is 0.741. The van der Waals surface area contributed by atoms with E-state index in [-0.39, 0.29) is 5.41 Å². The zero-order valence-corrected chi connectivity index (χ0v) is 18.5. The summed E-state index contributed by atoms with van der Waals surface area (Å²) in [6.45, 7) is 9.21. The third-order valence-corrected chi connectivity index (χ3v) is 8.44. The lowest BCUT2D eigenvalue weighted by Gasteiger charge is -2.38. The van der Waals surface area contributed by atoms with Crippen LogP contribution in [0.25, 0.3) is 0 Å². The van der Waals surface area contributed by atoms with Crippen LogP contribution in [0.2, 0.25) is 0 Å². The number of benzene rings is 1. The molecule has 27 heavy (non-hydrogen) atoms. The Kier molecular flexibility index (Phi) is 7.35. The second-order valence-corrected chi connectivity index (χ2v) is 9.86. The molecule has 3 rings (SSSR count). The molecule has 2 fully saturated rings. The summed E-state index contributed by atoms with van der Waals surface area (Å²) in [5, 5.41) is 0. The van der Waals surface area contributed by atoms with E-state index in [0.717, 1.165) is 23.7 Å². The van der Waals surface area contributed by atoms with E-state index < -0.39 is 0 Å². The van der Waals surface area contributed by atoms with Gasteiger partial charge in [-0.3, -0.25) is 0 Å². The lowest BCUT2D eigenvalue weighted by atomic mass is 9.68. The van der Waals surface area contributed by atoms with Crippen molar-refractivity contribution in [3.05, 3.63) is 41.8 Å². The van der Waals surface area contributed by atoms with Gasteiger partial charge in [-0.25, -0.2) is 0 Å². The first-order valence-corrected chi connectivity index (χ1v) is 12.0. The van der Waals surface area contributed by atoms with Gasteiger partial charge in [0.25, 0.3) is 0 Å². The molecule has 1 aromatic rings. The molecule has 2 aliphatic carbocycles. The zero-order valence-electron chi connectivity index (χ0n) is 18.5. The van der Waals surface area contributed by atoms with Crippen molar-refractivity contribution in [2.75, 3.05) is 0 Å². The fourth-order valence-electron chi connectivity index (χ4n) is 5.99. The summed E-state index contributed by atoms with van der Waals surface area (Å²) in [6, 6.07) is 9.68. The van der Waals surface area contributed by atoms with Gasteiger partial charge in [-0.2, -0.15) is 0 Å². The first-order chi connectivity index (χ1) is 13.1. The Hall–Kier alpha value is -0.910. The molecule has 0 saturated heterocycles. The summed E-state index contributed by atoms with van der Waals surface area (Å²) in [4.78, 5) is 0. The van der Waals surface area contributed by atoms with Crippen molar-refractivity contribution in [3.8, 4) is 0 Å². The minimum atomic E-state index is 0.229. The molecule has 0 N–H and O–H groups in total. The molecule has 0 aliphatic heterocycles. The van der Waals surface area contributed by atoms with Gasteiger partial charge in [-0.15, -0.1) is 0 Å². The molecule has 1 unspecified atom stereocenters. The molecule has 1 atom stereocenters. The first-order valence-electron chi connectivity index (χ1n) is 12.0.